The molecule has 6 heteroatoms. The van der Waals surface area contributed by atoms with Crippen molar-refractivity contribution in [3.63, 3.8) is 0 Å². The molecule has 1 heterocycles. The number of hydrogen-bond donors (Lipinski definition) is 2. The molecule has 0 unspecified atom stereocenters. The fraction of sp³-hybridized carbons (Fsp3) is 0.250. The average Bonchev–Trinajstić information content (AvgIpc) is 2.74. The number of benzene rings is 1. The zero-order chi connectivity index (χ0) is 13.1. The summed E-state index contributed by atoms with van der Waals surface area (Å²) in [4.78, 5) is 0. The van der Waals surface area contributed by atoms with Crippen molar-refractivity contribution in [2.75, 3.05) is 7.11 Å². The summed E-state index contributed by atoms with van der Waals surface area (Å²) in [6.07, 6.45) is 1.87. The number of hydrogen-bond acceptors (Lipinski definition) is 4. The molecule has 18 heavy (non-hydrogen) atoms. The predicted molar refractivity (Wildman–Crippen MR) is 68.9 cm³/mol. The molecule has 0 aliphatic carbocycles. The highest BCUT2D eigenvalue weighted by Gasteiger charge is 2.14. The molecule has 0 amide bonds. The van der Waals surface area contributed by atoms with Gasteiger partial charge in [-0.05, 0) is 24.5 Å². The van der Waals surface area contributed by atoms with Crippen LogP contribution in [0.25, 0.3) is 0 Å². The fourth-order valence-electron chi connectivity index (χ4n) is 1.81. The summed E-state index contributed by atoms with van der Waals surface area (Å²) in [5.41, 5.74) is 2.23. The predicted octanol–water partition coefficient (Wildman–Crippen LogP) is -0.0718. The van der Waals surface area contributed by atoms with Gasteiger partial charge in [0.25, 0.3) is 0 Å². The molecule has 0 radical (unpaired) electrons. The smallest absolute Gasteiger partial charge is 0.488 e. The van der Waals surface area contributed by atoms with E-state index in [4.69, 9.17) is 4.74 Å². The van der Waals surface area contributed by atoms with Crippen LogP contribution in [0.3, 0.4) is 0 Å². The van der Waals surface area contributed by atoms with Gasteiger partial charge in [-0.3, -0.25) is 4.68 Å². The number of ether oxygens (including phenoxy) is 1. The summed E-state index contributed by atoms with van der Waals surface area (Å²) >= 11 is 0. The van der Waals surface area contributed by atoms with Gasteiger partial charge in [0.2, 0.25) is 0 Å². The highest BCUT2D eigenvalue weighted by Crippen LogP contribution is 2.17. The van der Waals surface area contributed by atoms with Gasteiger partial charge >= 0.3 is 7.12 Å². The second-order valence-corrected chi connectivity index (χ2v) is 4.10. The fourth-order valence-corrected chi connectivity index (χ4v) is 1.81. The van der Waals surface area contributed by atoms with Gasteiger partial charge in [0.05, 0.1) is 19.3 Å². The van der Waals surface area contributed by atoms with E-state index in [1.165, 1.54) is 0 Å². The third-order valence-corrected chi connectivity index (χ3v) is 2.71. The molecule has 1 aromatic carbocycles. The first-order chi connectivity index (χ1) is 8.60. The maximum Gasteiger partial charge on any atom is 0.488 e. The summed E-state index contributed by atoms with van der Waals surface area (Å²) in [5, 5.41) is 22.6. The quantitative estimate of drug-likeness (QED) is 0.741. The van der Waals surface area contributed by atoms with Gasteiger partial charge in [0.15, 0.2) is 0 Å². The first-order valence-electron chi connectivity index (χ1n) is 5.63. The maximum absolute atomic E-state index is 9.17. The van der Waals surface area contributed by atoms with Gasteiger partial charge < -0.3 is 14.8 Å². The Morgan fingerprint density at radius 3 is 2.67 bits per heavy atom. The largest absolute Gasteiger partial charge is 0.496 e. The van der Waals surface area contributed by atoms with Gasteiger partial charge in [0, 0.05) is 11.8 Å². The van der Waals surface area contributed by atoms with E-state index in [1.54, 1.807) is 30.0 Å². The molecule has 0 spiro atoms. The number of methoxy groups -OCH3 is 1. The molecular weight excluding hydrogens is 231 g/mol. The number of nitrogens with zero attached hydrogens (tertiary/aromatic N) is 2. The molecule has 94 valence electrons. The van der Waals surface area contributed by atoms with E-state index in [0.29, 0.717) is 17.8 Å². The van der Waals surface area contributed by atoms with Crippen molar-refractivity contribution in [1.29, 1.82) is 0 Å². The van der Waals surface area contributed by atoms with Gasteiger partial charge in [-0.1, -0.05) is 12.1 Å². The van der Waals surface area contributed by atoms with Crippen LogP contribution in [0.4, 0.5) is 0 Å². The molecule has 2 aromatic rings. The topological polar surface area (TPSA) is 67.5 Å². The molecule has 0 bridgehead atoms. The summed E-state index contributed by atoms with van der Waals surface area (Å²) in [5.74, 6) is 0.701. The Kier molecular flexibility index (Phi) is 3.69. The Bertz CT molecular complexity index is 540. The van der Waals surface area contributed by atoms with Crippen LogP contribution < -0.4 is 10.2 Å². The molecule has 0 saturated carbocycles. The van der Waals surface area contributed by atoms with Crippen LogP contribution in [0, 0.1) is 6.92 Å². The normalized spacial score (nSPS) is 10.4. The summed E-state index contributed by atoms with van der Waals surface area (Å²) < 4.78 is 7.03. The summed E-state index contributed by atoms with van der Waals surface area (Å²) in [7, 11) is 0.108. The lowest BCUT2D eigenvalue weighted by Crippen LogP contribution is -2.30. The zero-order valence-electron chi connectivity index (χ0n) is 10.4. The molecule has 0 fully saturated rings. The first-order valence-corrected chi connectivity index (χ1v) is 5.63. The Balaban J connectivity index is 2.32. The van der Waals surface area contributed by atoms with Crippen molar-refractivity contribution in [3.05, 3.63) is 41.7 Å². The Morgan fingerprint density at radius 2 is 2.11 bits per heavy atom. The molecule has 2 N–H and O–H groups in total. The van der Waals surface area contributed by atoms with Crippen molar-refractivity contribution in [3.8, 4) is 5.75 Å². The highest BCUT2D eigenvalue weighted by atomic mass is 16.5. The zero-order valence-corrected chi connectivity index (χ0v) is 10.4. The van der Waals surface area contributed by atoms with Crippen LogP contribution >= 0.6 is 0 Å². The van der Waals surface area contributed by atoms with Crippen LogP contribution in [-0.2, 0) is 6.54 Å². The molecule has 0 aliphatic heterocycles. The number of aromatic nitrogens is 2. The van der Waals surface area contributed by atoms with E-state index >= 15 is 0 Å². The lowest BCUT2D eigenvalue weighted by Gasteiger charge is -2.10. The minimum atomic E-state index is -1.48. The van der Waals surface area contributed by atoms with E-state index in [-0.39, 0.29) is 0 Å². The standard InChI is InChI=1S/C12H15BN2O3/c1-9-5-6-15(14-9)8-10-7-11(13(16)17)3-4-12(10)18-2/h3-7,16-17H,8H2,1-2H3. The van der Waals surface area contributed by atoms with Gasteiger partial charge in [-0.2, -0.15) is 5.10 Å². The molecule has 5 nitrogen and oxygen atoms in total. The van der Waals surface area contributed by atoms with Crippen LogP contribution in [-0.4, -0.2) is 34.1 Å². The van der Waals surface area contributed by atoms with Crippen molar-refractivity contribution in [1.82, 2.24) is 9.78 Å². The SMILES string of the molecule is COc1ccc(B(O)O)cc1Cn1ccc(C)n1. The van der Waals surface area contributed by atoms with Crippen LogP contribution in [0.15, 0.2) is 30.5 Å². The second-order valence-electron chi connectivity index (χ2n) is 4.10. The van der Waals surface area contributed by atoms with Crippen molar-refractivity contribution < 1.29 is 14.8 Å². The maximum atomic E-state index is 9.17. The lowest BCUT2D eigenvalue weighted by atomic mass is 9.79. The molecule has 0 atom stereocenters. The molecule has 0 saturated heterocycles. The first kappa shape index (κ1) is 12.7. The van der Waals surface area contributed by atoms with E-state index in [0.717, 1.165) is 11.3 Å². The molecular formula is C12H15BN2O3. The summed E-state index contributed by atoms with van der Waals surface area (Å²) in [6.45, 7) is 2.44. The third kappa shape index (κ3) is 2.72. The van der Waals surface area contributed by atoms with E-state index in [9.17, 15) is 10.0 Å². The summed E-state index contributed by atoms with van der Waals surface area (Å²) in [6, 6.07) is 6.97. The minimum Gasteiger partial charge on any atom is -0.496 e. The van der Waals surface area contributed by atoms with E-state index in [2.05, 4.69) is 5.10 Å². The van der Waals surface area contributed by atoms with Gasteiger partial charge in [-0.25, -0.2) is 0 Å². The van der Waals surface area contributed by atoms with Gasteiger partial charge in [-0.15, -0.1) is 0 Å². The molecule has 1 aromatic heterocycles. The highest BCUT2D eigenvalue weighted by molar-refractivity contribution is 6.58. The van der Waals surface area contributed by atoms with E-state index < -0.39 is 7.12 Å². The van der Waals surface area contributed by atoms with Crippen molar-refractivity contribution >= 4 is 12.6 Å². The van der Waals surface area contributed by atoms with Crippen LogP contribution in [0.1, 0.15) is 11.3 Å². The average molecular weight is 246 g/mol. The third-order valence-electron chi connectivity index (χ3n) is 2.71. The Labute approximate surface area is 106 Å². The molecule has 0 aliphatic rings. The number of rotatable bonds is 4. The minimum absolute atomic E-state index is 0.440. The van der Waals surface area contributed by atoms with Crippen LogP contribution in [0.5, 0.6) is 5.75 Å². The molecule has 2 rings (SSSR count). The lowest BCUT2D eigenvalue weighted by molar-refractivity contribution is 0.406. The number of aryl methyl sites for hydroxylation is 1. The van der Waals surface area contributed by atoms with Crippen LogP contribution in [0.2, 0.25) is 0 Å². The van der Waals surface area contributed by atoms with Crippen molar-refractivity contribution in [2.24, 2.45) is 0 Å². The monoisotopic (exact) mass is 246 g/mol. The van der Waals surface area contributed by atoms with E-state index in [1.807, 2.05) is 19.2 Å². The second kappa shape index (κ2) is 5.24. The van der Waals surface area contributed by atoms with Gasteiger partial charge in [0.1, 0.15) is 5.75 Å². The van der Waals surface area contributed by atoms with Crippen molar-refractivity contribution in [2.45, 2.75) is 13.5 Å². The Hall–Kier alpha value is -1.79. The Morgan fingerprint density at radius 1 is 1.33 bits per heavy atom.